The molecule has 1 heterocycles. The Bertz CT molecular complexity index is 550. The monoisotopic (exact) mass is 390 g/mol. The summed E-state index contributed by atoms with van der Waals surface area (Å²) in [5, 5.41) is 0.549. The van der Waals surface area contributed by atoms with Gasteiger partial charge >= 0.3 is 0 Å². The number of nitrogens with zero attached hydrogens (tertiary/aromatic N) is 2. The van der Waals surface area contributed by atoms with Gasteiger partial charge in [0.25, 0.3) is 5.56 Å². The Labute approximate surface area is 146 Å². The summed E-state index contributed by atoms with van der Waals surface area (Å²) < 4.78 is 1.73. The Kier molecular flexibility index (Phi) is 9.24. The average molecular weight is 391 g/mol. The van der Waals surface area contributed by atoms with Crippen LogP contribution in [0, 0.1) is 11.3 Å². The highest BCUT2D eigenvalue weighted by Crippen LogP contribution is 2.27. The van der Waals surface area contributed by atoms with E-state index >= 15 is 0 Å². The van der Waals surface area contributed by atoms with Crippen LogP contribution in [0.15, 0.2) is 20.6 Å². The summed E-state index contributed by atoms with van der Waals surface area (Å²) in [6.45, 7) is 12.9. The minimum atomic E-state index is -0.223. The number of thioether (sulfide) groups is 1. The fraction of sp³-hybridized carbons (Fsp3) is 0.688. The van der Waals surface area contributed by atoms with Crippen LogP contribution < -0.4 is 5.56 Å². The van der Waals surface area contributed by atoms with Crippen LogP contribution in [0.1, 0.15) is 48.0 Å². The minimum Gasteiger partial charge on any atom is -0.298 e. The number of ketones is 1. The highest BCUT2D eigenvalue weighted by Gasteiger charge is 2.16. The number of aromatic nitrogens is 2. The van der Waals surface area contributed by atoms with Gasteiger partial charge in [0.1, 0.15) is 10.3 Å². The Morgan fingerprint density at radius 1 is 1.45 bits per heavy atom. The van der Waals surface area contributed by atoms with E-state index in [2.05, 4.69) is 55.5 Å². The molecule has 0 amide bonds. The van der Waals surface area contributed by atoms with E-state index < -0.39 is 0 Å². The number of halogens is 1. The van der Waals surface area contributed by atoms with Crippen LogP contribution in [0.2, 0.25) is 0 Å². The maximum Gasteiger partial charge on any atom is 0.268 e. The van der Waals surface area contributed by atoms with E-state index in [0.717, 1.165) is 5.92 Å². The molecule has 0 aliphatic rings. The highest BCUT2D eigenvalue weighted by molar-refractivity contribution is 9.10. The van der Waals surface area contributed by atoms with Gasteiger partial charge in [-0.2, -0.15) is 0 Å². The lowest BCUT2D eigenvalue weighted by Crippen LogP contribution is -2.26. The summed E-state index contributed by atoms with van der Waals surface area (Å²) in [6.07, 6.45) is 4.56. The van der Waals surface area contributed by atoms with Crippen molar-refractivity contribution < 1.29 is 4.79 Å². The van der Waals surface area contributed by atoms with E-state index in [1.165, 1.54) is 35.9 Å². The van der Waals surface area contributed by atoms with Gasteiger partial charge in [-0.25, -0.2) is 4.98 Å². The summed E-state index contributed by atoms with van der Waals surface area (Å²) in [5.41, 5.74) is 0.286. The molecule has 0 saturated heterocycles. The molecule has 1 aromatic heterocycles. The zero-order valence-electron chi connectivity index (χ0n) is 14.6. The number of hydrogen-bond donors (Lipinski definition) is 0. The molecule has 0 radical (unpaired) electrons. The Balaban J connectivity index is 0.000000472. The summed E-state index contributed by atoms with van der Waals surface area (Å²) in [6, 6.07) is 0. The lowest BCUT2D eigenvalue weighted by atomic mass is 9.81. The van der Waals surface area contributed by atoms with E-state index in [1.54, 1.807) is 0 Å². The van der Waals surface area contributed by atoms with Crippen molar-refractivity contribution in [1.82, 2.24) is 9.55 Å². The number of hydrogen-bond acceptors (Lipinski definition) is 4. The van der Waals surface area contributed by atoms with Gasteiger partial charge in [0.15, 0.2) is 5.16 Å². The van der Waals surface area contributed by atoms with Crippen LogP contribution in [0.3, 0.4) is 0 Å². The van der Waals surface area contributed by atoms with Crippen molar-refractivity contribution in [1.29, 1.82) is 0 Å². The van der Waals surface area contributed by atoms with Crippen LogP contribution in [-0.4, -0.2) is 21.6 Å². The van der Waals surface area contributed by atoms with Crippen molar-refractivity contribution in [2.75, 3.05) is 6.26 Å². The van der Waals surface area contributed by atoms with Crippen molar-refractivity contribution in [3.8, 4) is 0 Å². The second-order valence-corrected chi connectivity index (χ2v) is 7.99. The topological polar surface area (TPSA) is 52.0 Å². The van der Waals surface area contributed by atoms with E-state index in [0.29, 0.717) is 15.0 Å². The first kappa shape index (κ1) is 21.4. The first-order valence-corrected chi connectivity index (χ1v) is 9.35. The van der Waals surface area contributed by atoms with Crippen molar-refractivity contribution in [3.05, 3.63) is 21.0 Å². The standard InChI is InChI=1S/C8H9BrN2O2S.C8H18/c1-5(12)4-11-7(13)6(9)3-10-8(11)14-2;1-6-7(2)8(3,4)5/h3H,4H2,1-2H3;7H,6H2,1-5H3. The van der Waals surface area contributed by atoms with Gasteiger partial charge in [-0.05, 0) is 40.4 Å². The average Bonchev–Trinajstić information content (AvgIpc) is 2.42. The van der Waals surface area contributed by atoms with E-state index in [-0.39, 0.29) is 17.9 Å². The molecule has 0 spiro atoms. The Hall–Kier alpha value is -0.620. The fourth-order valence-corrected chi connectivity index (χ4v) is 2.43. The van der Waals surface area contributed by atoms with Crippen molar-refractivity contribution in [2.45, 2.75) is 59.7 Å². The highest BCUT2D eigenvalue weighted by atomic mass is 79.9. The molecule has 0 fully saturated rings. The van der Waals surface area contributed by atoms with Gasteiger partial charge in [-0.15, -0.1) is 0 Å². The van der Waals surface area contributed by atoms with Crippen LogP contribution in [0.4, 0.5) is 0 Å². The predicted molar refractivity (Wildman–Crippen MR) is 97.6 cm³/mol. The van der Waals surface area contributed by atoms with E-state index in [1.807, 2.05) is 6.26 Å². The molecule has 1 atom stereocenters. The molecule has 0 aliphatic heterocycles. The van der Waals surface area contributed by atoms with Crippen molar-refractivity contribution in [2.24, 2.45) is 11.3 Å². The third-order valence-electron chi connectivity index (χ3n) is 3.62. The summed E-state index contributed by atoms with van der Waals surface area (Å²) >= 11 is 4.42. The number of carbonyl (C=O) groups excluding carboxylic acids is 1. The van der Waals surface area contributed by atoms with Gasteiger partial charge in [-0.1, -0.05) is 52.8 Å². The largest absolute Gasteiger partial charge is 0.298 e. The van der Waals surface area contributed by atoms with Gasteiger partial charge < -0.3 is 0 Å². The maximum absolute atomic E-state index is 11.6. The van der Waals surface area contributed by atoms with Gasteiger partial charge in [-0.3, -0.25) is 14.2 Å². The van der Waals surface area contributed by atoms with Gasteiger partial charge in [0, 0.05) is 6.20 Å². The van der Waals surface area contributed by atoms with Crippen LogP contribution in [-0.2, 0) is 11.3 Å². The SMILES string of the molecule is CCC(C)C(C)(C)C.CSc1ncc(Br)c(=O)n1CC(C)=O. The molecule has 0 N–H and O–H groups in total. The van der Waals surface area contributed by atoms with Crippen LogP contribution >= 0.6 is 27.7 Å². The lowest BCUT2D eigenvalue weighted by Gasteiger charge is -2.25. The minimum absolute atomic E-state index is 0.0673. The van der Waals surface area contributed by atoms with E-state index in [4.69, 9.17) is 0 Å². The molecule has 1 rings (SSSR count). The molecular weight excluding hydrogens is 364 g/mol. The first-order valence-electron chi connectivity index (χ1n) is 7.33. The summed E-state index contributed by atoms with van der Waals surface area (Å²) in [5.74, 6) is 0.782. The zero-order chi connectivity index (χ0) is 17.5. The molecule has 6 heteroatoms. The Morgan fingerprint density at radius 3 is 2.32 bits per heavy atom. The molecule has 4 nitrogen and oxygen atoms in total. The number of Topliss-reactive ketones (excluding diaryl/α,β-unsaturated/α-hetero) is 1. The lowest BCUT2D eigenvalue weighted by molar-refractivity contribution is -0.117. The van der Waals surface area contributed by atoms with Gasteiger partial charge in [0.05, 0.1) is 6.54 Å². The quantitative estimate of drug-likeness (QED) is 0.564. The zero-order valence-corrected chi connectivity index (χ0v) is 17.0. The molecule has 0 aromatic carbocycles. The van der Waals surface area contributed by atoms with Gasteiger partial charge in [0.2, 0.25) is 0 Å². The third-order valence-corrected chi connectivity index (χ3v) is 4.86. The molecule has 126 valence electrons. The molecular formula is C16H27BrN2O2S. The molecule has 0 bridgehead atoms. The van der Waals surface area contributed by atoms with Crippen molar-refractivity contribution >= 4 is 33.5 Å². The smallest absolute Gasteiger partial charge is 0.268 e. The van der Waals surface area contributed by atoms with E-state index in [9.17, 15) is 9.59 Å². The number of carbonyl (C=O) groups is 1. The fourth-order valence-electron chi connectivity index (χ4n) is 1.59. The molecule has 1 aromatic rings. The molecule has 1 unspecified atom stereocenters. The predicted octanol–water partition coefficient (Wildman–Crippen LogP) is 4.40. The molecule has 0 aliphatic carbocycles. The number of rotatable bonds is 4. The summed E-state index contributed by atoms with van der Waals surface area (Å²) in [7, 11) is 0. The van der Waals surface area contributed by atoms with Crippen LogP contribution in [0.5, 0.6) is 0 Å². The maximum atomic E-state index is 11.6. The second kappa shape index (κ2) is 9.50. The van der Waals surface area contributed by atoms with Crippen LogP contribution in [0.25, 0.3) is 0 Å². The molecule has 0 saturated carbocycles. The molecule has 22 heavy (non-hydrogen) atoms. The Morgan fingerprint density at radius 2 is 2.00 bits per heavy atom. The van der Waals surface area contributed by atoms with Crippen molar-refractivity contribution in [3.63, 3.8) is 0 Å². The third kappa shape index (κ3) is 7.09. The first-order chi connectivity index (χ1) is 10.0. The normalized spacial score (nSPS) is 12.4. The summed E-state index contributed by atoms with van der Waals surface area (Å²) in [4.78, 5) is 26.6. The second-order valence-electron chi connectivity index (χ2n) is 6.36.